The van der Waals surface area contributed by atoms with Crippen molar-refractivity contribution in [2.75, 3.05) is 19.8 Å². The Morgan fingerprint density at radius 2 is 1.86 bits per heavy atom. The number of ether oxygens (including phenoxy) is 3. The molecule has 7 heteroatoms. The third-order valence-electron chi connectivity index (χ3n) is 5.39. The largest absolute Gasteiger partial charge is 0.486 e. The molecule has 0 spiro atoms. The maximum atomic E-state index is 12.7. The van der Waals surface area contributed by atoms with Crippen LogP contribution in [-0.4, -0.2) is 32.0 Å². The van der Waals surface area contributed by atoms with Crippen LogP contribution < -0.4 is 19.5 Å². The van der Waals surface area contributed by atoms with Crippen LogP contribution in [0, 0.1) is 0 Å². The molecule has 1 aliphatic carbocycles. The van der Waals surface area contributed by atoms with Gasteiger partial charge >= 0.3 is 0 Å². The average molecular weight is 460 g/mol. The number of amides is 1. The fourth-order valence-electron chi connectivity index (χ4n) is 3.99. The van der Waals surface area contributed by atoms with E-state index in [1.807, 2.05) is 18.2 Å². The molecular formula is C22H22BrNO5. The molecule has 0 aromatic heterocycles. The summed E-state index contributed by atoms with van der Waals surface area (Å²) in [7, 11) is 0. The minimum atomic E-state index is -0.441. The van der Waals surface area contributed by atoms with Gasteiger partial charge in [-0.25, -0.2) is 0 Å². The molecule has 1 amide bonds. The first kappa shape index (κ1) is 19.8. The van der Waals surface area contributed by atoms with Crippen molar-refractivity contribution in [3.63, 3.8) is 0 Å². The van der Waals surface area contributed by atoms with Crippen LogP contribution in [0.2, 0.25) is 0 Å². The Balaban J connectivity index is 1.48. The molecule has 1 heterocycles. The molecule has 1 fully saturated rings. The lowest BCUT2D eigenvalue weighted by Crippen LogP contribution is -2.45. The molecule has 4 rings (SSSR count). The monoisotopic (exact) mass is 459 g/mol. The van der Waals surface area contributed by atoms with E-state index >= 15 is 0 Å². The summed E-state index contributed by atoms with van der Waals surface area (Å²) in [6.45, 7) is 0.912. The number of benzene rings is 2. The molecule has 0 unspecified atom stereocenters. The lowest BCUT2D eigenvalue weighted by molar-refractivity contribution is -0.125. The molecule has 1 saturated carbocycles. The number of halogens is 1. The SMILES string of the molecule is O=Cc1cc(Br)ccc1OCC(=O)NC1(c2ccc3c(c2)OCCO3)CCCC1. The Morgan fingerprint density at radius 3 is 2.62 bits per heavy atom. The summed E-state index contributed by atoms with van der Waals surface area (Å²) >= 11 is 3.32. The molecule has 0 bridgehead atoms. The molecule has 6 nitrogen and oxygen atoms in total. The van der Waals surface area contributed by atoms with E-state index in [-0.39, 0.29) is 12.5 Å². The summed E-state index contributed by atoms with van der Waals surface area (Å²) in [6, 6.07) is 11.0. The van der Waals surface area contributed by atoms with Crippen molar-refractivity contribution in [3.8, 4) is 17.2 Å². The Labute approximate surface area is 177 Å². The van der Waals surface area contributed by atoms with Gasteiger partial charge in [-0.2, -0.15) is 0 Å². The second kappa shape index (κ2) is 8.45. The van der Waals surface area contributed by atoms with Crippen LogP contribution in [-0.2, 0) is 10.3 Å². The highest BCUT2D eigenvalue weighted by Gasteiger charge is 2.38. The molecule has 1 N–H and O–H groups in total. The Morgan fingerprint density at radius 1 is 1.10 bits per heavy atom. The predicted molar refractivity (Wildman–Crippen MR) is 111 cm³/mol. The number of fused-ring (bicyclic) bond motifs is 1. The van der Waals surface area contributed by atoms with Gasteiger partial charge in [0, 0.05) is 4.47 Å². The number of rotatable bonds is 6. The third-order valence-corrected chi connectivity index (χ3v) is 5.88. The fraction of sp³-hybridized carbons (Fsp3) is 0.364. The number of carbonyl (C=O) groups excluding carboxylic acids is 2. The second-order valence-corrected chi connectivity index (χ2v) is 8.20. The normalized spacial score (nSPS) is 16.9. The molecule has 29 heavy (non-hydrogen) atoms. The zero-order valence-corrected chi connectivity index (χ0v) is 17.5. The minimum Gasteiger partial charge on any atom is -0.486 e. The van der Waals surface area contributed by atoms with Crippen LogP contribution in [0.4, 0.5) is 0 Å². The van der Waals surface area contributed by atoms with Crippen LogP contribution >= 0.6 is 15.9 Å². The van der Waals surface area contributed by atoms with Crippen LogP contribution in [0.1, 0.15) is 41.6 Å². The molecular weight excluding hydrogens is 438 g/mol. The van der Waals surface area contributed by atoms with Gasteiger partial charge < -0.3 is 19.5 Å². The van der Waals surface area contributed by atoms with E-state index in [9.17, 15) is 9.59 Å². The topological polar surface area (TPSA) is 73.9 Å². The van der Waals surface area contributed by atoms with Crippen molar-refractivity contribution in [2.45, 2.75) is 31.2 Å². The fourth-order valence-corrected chi connectivity index (χ4v) is 4.37. The number of hydrogen-bond donors (Lipinski definition) is 1. The maximum Gasteiger partial charge on any atom is 0.258 e. The van der Waals surface area contributed by atoms with Crippen LogP contribution in [0.15, 0.2) is 40.9 Å². The molecule has 2 aromatic rings. The van der Waals surface area contributed by atoms with Gasteiger partial charge in [-0.3, -0.25) is 9.59 Å². The summed E-state index contributed by atoms with van der Waals surface area (Å²) in [6.07, 6.45) is 4.51. The number of aldehydes is 1. The molecule has 152 valence electrons. The summed E-state index contributed by atoms with van der Waals surface area (Å²) in [5, 5.41) is 3.18. The highest BCUT2D eigenvalue weighted by Crippen LogP contribution is 2.42. The second-order valence-electron chi connectivity index (χ2n) is 7.28. The smallest absolute Gasteiger partial charge is 0.258 e. The minimum absolute atomic E-state index is 0.158. The van der Waals surface area contributed by atoms with Crippen molar-refractivity contribution in [2.24, 2.45) is 0 Å². The first-order valence-electron chi connectivity index (χ1n) is 9.68. The van der Waals surface area contributed by atoms with Crippen molar-refractivity contribution < 1.29 is 23.8 Å². The summed E-state index contributed by atoms with van der Waals surface area (Å²) in [5.41, 5.74) is 0.975. The van der Waals surface area contributed by atoms with Crippen LogP contribution in [0.3, 0.4) is 0 Å². The molecule has 2 aromatic carbocycles. The quantitative estimate of drug-likeness (QED) is 0.660. The highest BCUT2D eigenvalue weighted by atomic mass is 79.9. The van der Waals surface area contributed by atoms with Gasteiger partial charge in [0.1, 0.15) is 19.0 Å². The molecule has 0 saturated heterocycles. The van der Waals surface area contributed by atoms with Crippen molar-refractivity contribution in [3.05, 3.63) is 52.0 Å². The van der Waals surface area contributed by atoms with E-state index in [0.29, 0.717) is 30.8 Å². The average Bonchev–Trinajstić information content (AvgIpc) is 3.22. The van der Waals surface area contributed by atoms with Crippen LogP contribution in [0.5, 0.6) is 17.2 Å². The van der Waals surface area contributed by atoms with E-state index in [1.54, 1.807) is 18.2 Å². The highest BCUT2D eigenvalue weighted by molar-refractivity contribution is 9.10. The molecule has 2 aliphatic rings. The van der Waals surface area contributed by atoms with Gasteiger partial charge in [0.25, 0.3) is 5.91 Å². The van der Waals surface area contributed by atoms with E-state index in [4.69, 9.17) is 14.2 Å². The van der Waals surface area contributed by atoms with Gasteiger partial charge in [-0.15, -0.1) is 0 Å². The zero-order chi connectivity index (χ0) is 20.3. The van der Waals surface area contributed by atoms with Crippen molar-refractivity contribution >= 4 is 28.1 Å². The molecule has 0 atom stereocenters. The number of nitrogens with one attached hydrogen (secondary N) is 1. The Hall–Kier alpha value is -2.54. The summed E-state index contributed by atoms with van der Waals surface area (Å²) < 4.78 is 17.7. The maximum absolute atomic E-state index is 12.7. The predicted octanol–water partition coefficient (Wildman–Crippen LogP) is 4.00. The van der Waals surface area contributed by atoms with Crippen molar-refractivity contribution in [1.29, 1.82) is 0 Å². The van der Waals surface area contributed by atoms with Gasteiger partial charge in [0.2, 0.25) is 0 Å². The van der Waals surface area contributed by atoms with Gasteiger partial charge in [-0.05, 0) is 48.7 Å². The van der Waals surface area contributed by atoms with Crippen molar-refractivity contribution in [1.82, 2.24) is 5.32 Å². The standard InChI is InChI=1S/C22H22BrNO5/c23-17-4-6-18(15(11-17)13-25)29-14-21(26)24-22(7-1-2-8-22)16-3-5-19-20(12-16)28-10-9-27-19/h3-6,11-13H,1-2,7-10,14H2,(H,24,26). The zero-order valence-electron chi connectivity index (χ0n) is 15.9. The first-order chi connectivity index (χ1) is 14.1. The lowest BCUT2D eigenvalue weighted by atomic mass is 9.87. The summed E-state index contributed by atoms with van der Waals surface area (Å²) in [5.74, 6) is 1.62. The number of carbonyl (C=O) groups is 2. The summed E-state index contributed by atoms with van der Waals surface area (Å²) in [4.78, 5) is 23.9. The first-order valence-corrected chi connectivity index (χ1v) is 10.5. The number of hydrogen-bond acceptors (Lipinski definition) is 5. The molecule has 1 aliphatic heterocycles. The van der Waals surface area contributed by atoms with E-state index in [1.165, 1.54) is 0 Å². The van der Waals surface area contributed by atoms with Gasteiger partial charge in [0.15, 0.2) is 24.4 Å². The van der Waals surface area contributed by atoms with Crippen LogP contribution in [0.25, 0.3) is 0 Å². The third kappa shape index (κ3) is 4.24. The van der Waals surface area contributed by atoms with Gasteiger partial charge in [0.05, 0.1) is 11.1 Å². The Bertz CT molecular complexity index is 923. The molecule has 0 radical (unpaired) electrons. The van der Waals surface area contributed by atoms with Gasteiger partial charge in [-0.1, -0.05) is 34.8 Å². The van der Waals surface area contributed by atoms with E-state index in [2.05, 4.69) is 21.2 Å². The lowest BCUT2D eigenvalue weighted by Gasteiger charge is -2.32. The van der Waals surface area contributed by atoms with E-state index < -0.39 is 5.54 Å². The van der Waals surface area contributed by atoms with E-state index in [0.717, 1.165) is 47.2 Å². The Kier molecular flexibility index (Phi) is 5.76.